The van der Waals surface area contributed by atoms with Crippen LogP contribution in [0.2, 0.25) is 5.15 Å². The van der Waals surface area contributed by atoms with Crippen LogP contribution in [-0.4, -0.2) is 15.3 Å². The first-order valence-corrected chi connectivity index (χ1v) is 2.96. The summed E-state index contributed by atoms with van der Waals surface area (Å²) in [5, 5.41) is 15.5. The van der Waals surface area contributed by atoms with Gasteiger partial charge in [-0.3, -0.25) is 5.10 Å². The van der Waals surface area contributed by atoms with Gasteiger partial charge in [-0.25, -0.2) is 0 Å². The lowest BCUT2D eigenvalue weighted by molar-refractivity contribution is 0.199. The Morgan fingerprint density at radius 3 is 2.78 bits per heavy atom. The van der Waals surface area contributed by atoms with Gasteiger partial charge in [-0.15, -0.1) is 0 Å². The normalized spacial score (nSPS) is 13.7. The molecule has 1 aromatic rings. The molecule has 0 amide bonds. The maximum absolute atomic E-state index is 8.95. The van der Waals surface area contributed by atoms with Gasteiger partial charge in [-0.05, 0) is 6.92 Å². The molecule has 0 aromatic carbocycles. The molecule has 0 radical (unpaired) electrons. The van der Waals surface area contributed by atoms with Crippen molar-refractivity contribution in [3.63, 3.8) is 0 Å². The van der Waals surface area contributed by atoms with E-state index in [2.05, 4.69) is 10.2 Å². The SMILES string of the molecule is CC(O)c1cn[nH]c1Cl. The molecule has 1 aromatic heterocycles. The summed E-state index contributed by atoms with van der Waals surface area (Å²) in [4.78, 5) is 0. The van der Waals surface area contributed by atoms with E-state index < -0.39 is 6.10 Å². The summed E-state index contributed by atoms with van der Waals surface area (Å²) in [5.41, 5.74) is 0.636. The molecule has 0 fully saturated rings. The molecule has 0 aliphatic carbocycles. The van der Waals surface area contributed by atoms with Gasteiger partial charge < -0.3 is 5.11 Å². The number of aromatic nitrogens is 2. The van der Waals surface area contributed by atoms with Crippen LogP contribution in [0, 0.1) is 0 Å². The van der Waals surface area contributed by atoms with Crippen LogP contribution >= 0.6 is 11.6 Å². The molecule has 9 heavy (non-hydrogen) atoms. The van der Waals surface area contributed by atoms with E-state index in [1.807, 2.05) is 0 Å². The fourth-order valence-corrected chi connectivity index (χ4v) is 0.826. The van der Waals surface area contributed by atoms with Gasteiger partial charge in [-0.2, -0.15) is 5.10 Å². The second kappa shape index (κ2) is 2.37. The number of nitrogens with one attached hydrogen (secondary N) is 1. The molecular formula is C5H7ClN2O. The second-order valence-corrected chi connectivity index (χ2v) is 2.19. The molecule has 2 N–H and O–H groups in total. The fraction of sp³-hybridized carbons (Fsp3) is 0.400. The Bertz CT molecular complexity index is 197. The van der Waals surface area contributed by atoms with Gasteiger partial charge in [-0.1, -0.05) is 11.6 Å². The number of aliphatic hydroxyl groups excluding tert-OH is 1. The van der Waals surface area contributed by atoms with Crippen molar-refractivity contribution in [3.8, 4) is 0 Å². The Morgan fingerprint density at radius 2 is 2.56 bits per heavy atom. The second-order valence-electron chi connectivity index (χ2n) is 1.82. The van der Waals surface area contributed by atoms with Gasteiger partial charge in [0.2, 0.25) is 0 Å². The smallest absolute Gasteiger partial charge is 0.129 e. The summed E-state index contributed by atoms with van der Waals surface area (Å²) in [6.07, 6.45) is 0.962. The van der Waals surface area contributed by atoms with Gasteiger partial charge in [0.05, 0.1) is 12.3 Å². The highest BCUT2D eigenvalue weighted by atomic mass is 35.5. The van der Waals surface area contributed by atoms with Crippen LogP contribution in [0.25, 0.3) is 0 Å². The Labute approximate surface area is 57.7 Å². The van der Waals surface area contributed by atoms with E-state index in [1.165, 1.54) is 6.20 Å². The molecule has 1 heterocycles. The predicted molar refractivity (Wildman–Crippen MR) is 34.2 cm³/mol. The van der Waals surface area contributed by atoms with Gasteiger partial charge >= 0.3 is 0 Å². The van der Waals surface area contributed by atoms with E-state index in [0.717, 1.165) is 0 Å². The zero-order valence-electron chi connectivity index (χ0n) is 4.93. The van der Waals surface area contributed by atoms with Gasteiger partial charge in [0, 0.05) is 5.56 Å². The van der Waals surface area contributed by atoms with E-state index in [4.69, 9.17) is 16.7 Å². The number of H-pyrrole nitrogens is 1. The highest BCUT2D eigenvalue weighted by Crippen LogP contribution is 2.18. The molecule has 0 saturated carbocycles. The zero-order valence-corrected chi connectivity index (χ0v) is 5.68. The van der Waals surface area contributed by atoms with Crippen LogP contribution in [0.4, 0.5) is 0 Å². The molecule has 1 atom stereocenters. The Balaban J connectivity index is 2.94. The lowest BCUT2D eigenvalue weighted by Gasteiger charge is -1.97. The summed E-state index contributed by atoms with van der Waals surface area (Å²) in [5.74, 6) is 0. The number of hydrogen-bond donors (Lipinski definition) is 2. The van der Waals surface area contributed by atoms with Crippen LogP contribution in [0.3, 0.4) is 0 Å². The van der Waals surface area contributed by atoms with Crippen LogP contribution in [-0.2, 0) is 0 Å². The van der Waals surface area contributed by atoms with Crippen molar-refractivity contribution >= 4 is 11.6 Å². The third kappa shape index (κ3) is 1.23. The molecule has 1 rings (SSSR count). The topological polar surface area (TPSA) is 48.9 Å². The first-order chi connectivity index (χ1) is 4.22. The Hall–Kier alpha value is -0.540. The highest BCUT2D eigenvalue weighted by Gasteiger charge is 2.06. The minimum Gasteiger partial charge on any atom is -0.389 e. The van der Waals surface area contributed by atoms with E-state index in [9.17, 15) is 0 Å². The third-order valence-electron chi connectivity index (χ3n) is 1.07. The summed E-state index contributed by atoms with van der Waals surface area (Å²) < 4.78 is 0. The maximum Gasteiger partial charge on any atom is 0.129 e. The lowest BCUT2D eigenvalue weighted by atomic mass is 10.2. The highest BCUT2D eigenvalue weighted by molar-refractivity contribution is 6.30. The van der Waals surface area contributed by atoms with Crippen LogP contribution < -0.4 is 0 Å². The monoisotopic (exact) mass is 146 g/mol. The summed E-state index contributed by atoms with van der Waals surface area (Å²) in [6.45, 7) is 1.64. The molecule has 0 aliphatic rings. The molecule has 0 saturated heterocycles. The zero-order chi connectivity index (χ0) is 6.85. The molecular weight excluding hydrogens is 140 g/mol. The van der Waals surface area contributed by atoms with E-state index in [0.29, 0.717) is 10.7 Å². The minimum absolute atomic E-state index is 0.407. The molecule has 4 heteroatoms. The first kappa shape index (κ1) is 6.58. The average Bonchev–Trinajstić information content (AvgIpc) is 2.13. The van der Waals surface area contributed by atoms with E-state index in [-0.39, 0.29) is 0 Å². The molecule has 0 aliphatic heterocycles. The number of aliphatic hydroxyl groups is 1. The van der Waals surface area contributed by atoms with Crippen LogP contribution in [0.5, 0.6) is 0 Å². The average molecular weight is 147 g/mol. The van der Waals surface area contributed by atoms with E-state index >= 15 is 0 Å². The number of halogens is 1. The van der Waals surface area contributed by atoms with Crippen molar-refractivity contribution in [3.05, 3.63) is 16.9 Å². The van der Waals surface area contributed by atoms with Crippen molar-refractivity contribution < 1.29 is 5.11 Å². The summed E-state index contributed by atoms with van der Waals surface area (Å²) in [6, 6.07) is 0. The summed E-state index contributed by atoms with van der Waals surface area (Å²) >= 11 is 5.56. The Morgan fingerprint density at radius 1 is 1.89 bits per heavy atom. The number of aromatic amines is 1. The summed E-state index contributed by atoms with van der Waals surface area (Å²) in [7, 11) is 0. The molecule has 0 spiro atoms. The van der Waals surface area contributed by atoms with Gasteiger partial charge in [0.1, 0.15) is 5.15 Å². The van der Waals surface area contributed by atoms with Crippen molar-refractivity contribution in [2.24, 2.45) is 0 Å². The molecule has 3 nitrogen and oxygen atoms in total. The van der Waals surface area contributed by atoms with Gasteiger partial charge in [0.15, 0.2) is 0 Å². The van der Waals surface area contributed by atoms with Crippen molar-refractivity contribution in [2.75, 3.05) is 0 Å². The van der Waals surface area contributed by atoms with Gasteiger partial charge in [0.25, 0.3) is 0 Å². The number of nitrogens with zero attached hydrogens (tertiary/aromatic N) is 1. The maximum atomic E-state index is 8.95. The van der Waals surface area contributed by atoms with E-state index in [1.54, 1.807) is 6.92 Å². The quantitative estimate of drug-likeness (QED) is 0.624. The lowest BCUT2D eigenvalue weighted by Crippen LogP contribution is -1.87. The fourth-order valence-electron chi connectivity index (χ4n) is 0.571. The molecule has 1 unspecified atom stereocenters. The molecule has 50 valence electrons. The van der Waals surface area contributed by atoms with Crippen molar-refractivity contribution in [1.29, 1.82) is 0 Å². The van der Waals surface area contributed by atoms with Crippen LogP contribution in [0.15, 0.2) is 6.20 Å². The Kier molecular flexibility index (Phi) is 1.73. The first-order valence-electron chi connectivity index (χ1n) is 2.58. The largest absolute Gasteiger partial charge is 0.389 e. The third-order valence-corrected chi connectivity index (χ3v) is 1.37. The van der Waals surface area contributed by atoms with Crippen LogP contribution in [0.1, 0.15) is 18.6 Å². The minimum atomic E-state index is -0.545. The number of rotatable bonds is 1. The van der Waals surface area contributed by atoms with Crippen molar-refractivity contribution in [1.82, 2.24) is 10.2 Å². The predicted octanol–water partition coefficient (Wildman–Crippen LogP) is 1.12. The molecule has 0 bridgehead atoms. The number of hydrogen-bond acceptors (Lipinski definition) is 2. The standard InChI is InChI=1S/C5H7ClN2O/c1-3(9)4-2-7-8-5(4)6/h2-3,9H,1H3,(H,7,8). The van der Waals surface area contributed by atoms with Crippen molar-refractivity contribution in [2.45, 2.75) is 13.0 Å².